The number of amides is 2. The number of rotatable bonds is 6. The van der Waals surface area contributed by atoms with Gasteiger partial charge in [-0.3, -0.25) is 29.6 Å². The maximum atomic E-state index is 12.7. The molecular weight excluding hydrogens is 374 g/mol. The van der Waals surface area contributed by atoms with Gasteiger partial charge in [0.1, 0.15) is 5.84 Å². The summed E-state index contributed by atoms with van der Waals surface area (Å²) in [4.78, 5) is 42.2. The summed E-state index contributed by atoms with van der Waals surface area (Å²) in [5, 5.41) is 7.45. The standard InChI is InChI=1S/C20H27N5O4/c1-2-29-19(28)13-23-9-7-16(8-10-23)25-17(26)11-24(12-18(25)27)15-5-3-14(4-6-15)20(21)22/h3-6,16H,2,7-13H2,1H3,(H3,21,22). The second-order valence-electron chi connectivity index (χ2n) is 7.29. The van der Waals surface area contributed by atoms with Gasteiger partial charge in [-0.2, -0.15) is 0 Å². The number of benzene rings is 1. The van der Waals surface area contributed by atoms with E-state index < -0.39 is 0 Å². The highest BCUT2D eigenvalue weighted by atomic mass is 16.5. The van der Waals surface area contributed by atoms with Gasteiger partial charge in [-0.05, 0) is 44.0 Å². The van der Waals surface area contributed by atoms with E-state index >= 15 is 0 Å². The number of hydrogen-bond donors (Lipinski definition) is 2. The molecule has 0 atom stereocenters. The maximum absolute atomic E-state index is 12.7. The van der Waals surface area contributed by atoms with Crippen molar-refractivity contribution in [2.75, 3.05) is 44.2 Å². The molecule has 0 aliphatic carbocycles. The normalized spacial score (nSPS) is 18.8. The molecule has 0 bridgehead atoms. The molecule has 2 aliphatic rings. The minimum absolute atomic E-state index is 0.0252. The van der Waals surface area contributed by atoms with Gasteiger partial charge in [0.25, 0.3) is 0 Å². The molecule has 2 heterocycles. The third-order valence-electron chi connectivity index (χ3n) is 5.31. The van der Waals surface area contributed by atoms with Crippen molar-refractivity contribution in [2.45, 2.75) is 25.8 Å². The highest BCUT2D eigenvalue weighted by Gasteiger charge is 2.37. The largest absolute Gasteiger partial charge is 0.465 e. The lowest BCUT2D eigenvalue weighted by Crippen LogP contribution is -2.59. The maximum Gasteiger partial charge on any atom is 0.320 e. The van der Waals surface area contributed by atoms with E-state index in [0.717, 1.165) is 5.69 Å². The zero-order valence-corrected chi connectivity index (χ0v) is 16.6. The topological polar surface area (TPSA) is 120 Å². The lowest BCUT2D eigenvalue weighted by Gasteiger charge is -2.41. The molecule has 0 aromatic heterocycles. The van der Waals surface area contributed by atoms with Crippen LogP contribution < -0.4 is 10.6 Å². The number of piperidine rings is 1. The smallest absolute Gasteiger partial charge is 0.320 e. The Balaban J connectivity index is 1.57. The van der Waals surface area contributed by atoms with Crippen LogP contribution in [0.5, 0.6) is 0 Å². The van der Waals surface area contributed by atoms with Crippen molar-refractivity contribution < 1.29 is 19.1 Å². The number of ether oxygens (including phenoxy) is 1. The molecule has 156 valence electrons. The van der Waals surface area contributed by atoms with Crippen molar-refractivity contribution in [3.05, 3.63) is 29.8 Å². The quantitative estimate of drug-likeness (QED) is 0.302. The molecule has 0 spiro atoms. The van der Waals surface area contributed by atoms with E-state index in [1.165, 1.54) is 4.90 Å². The van der Waals surface area contributed by atoms with Gasteiger partial charge < -0.3 is 15.4 Å². The van der Waals surface area contributed by atoms with Gasteiger partial charge in [-0.25, -0.2) is 0 Å². The second kappa shape index (κ2) is 9.04. The summed E-state index contributed by atoms with van der Waals surface area (Å²) in [6.45, 7) is 3.95. The molecule has 29 heavy (non-hydrogen) atoms. The summed E-state index contributed by atoms with van der Waals surface area (Å²) in [5.41, 5.74) is 6.81. The number of carbonyl (C=O) groups excluding carboxylic acids is 3. The number of nitrogens with one attached hydrogen (secondary N) is 1. The first-order chi connectivity index (χ1) is 13.9. The number of piperazine rings is 1. The first-order valence-corrected chi connectivity index (χ1v) is 9.81. The highest BCUT2D eigenvalue weighted by Crippen LogP contribution is 2.23. The molecule has 3 rings (SSSR count). The molecule has 2 amide bonds. The molecule has 2 fully saturated rings. The Morgan fingerprint density at radius 1 is 1.14 bits per heavy atom. The number of nitrogens with two attached hydrogens (primary N) is 1. The third-order valence-corrected chi connectivity index (χ3v) is 5.31. The number of esters is 1. The lowest BCUT2D eigenvalue weighted by atomic mass is 10.0. The number of nitrogens with zero attached hydrogens (tertiary/aromatic N) is 3. The van der Waals surface area contributed by atoms with E-state index in [0.29, 0.717) is 38.1 Å². The molecule has 1 aromatic rings. The number of carbonyl (C=O) groups is 3. The number of likely N-dealkylation sites (tertiary alicyclic amines) is 1. The highest BCUT2D eigenvalue weighted by molar-refractivity contribution is 6.03. The van der Waals surface area contributed by atoms with Crippen LogP contribution in [0.25, 0.3) is 0 Å². The summed E-state index contributed by atoms with van der Waals surface area (Å²) in [6, 6.07) is 6.81. The average molecular weight is 401 g/mol. The van der Waals surface area contributed by atoms with Crippen LogP contribution in [-0.2, 0) is 19.1 Å². The zero-order chi connectivity index (χ0) is 21.0. The predicted octanol–water partition coefficient (Wildman–Crippen LogP) is 0.173. The fourth-order valence-electron chi connectivity index (χ4n) is 3.84. The third kappa shape index (κ3) is 4.92. The zero-order valence-electron chi connectivity index (χ0n) is 16.6. The van der Waals surface area contributed by atoms with Crippen LogP contribution in [0.4, 0.5) is 5.69 Å². The minimum atomic E-state index is -0.248. The summed E-state index contributed by atoms with van der Waals surface area (Å²) in [7, 11) is 0. The van der Waals surface area contributed by atoms with Crippen molar-refractivity contribution in [2.24, 2.45) is 5.73 Å². The lowest BCUT2D eigenvalue weighted by molar-refractivity contribution is -0.151. The van der Waals surface area contributed by atoms with Gasteiger partial charge in [0.15, 0.2) is 0 Å². The first-order valence-electron chi connectivity index (χ1n) is 9.81. The second-order valence-corrected chi connectivity index (χ2v) is 7.29. The van der Waals surface area contributed by atoms with Gasteiger partial charge in [-0.1, -0.05) is 0 Å². The van der Waals surface area contributed by atoms with Gasteiger partial charge in [0, 0.05) is 30.4 Å². The Labute approximate surface area is 169 Å². The van der Waals surface area contributed by atoms with Crippen LogP contribution in [0.15, 0.2) is 24.3 Å². The van der Waals surface area contributed by atoms with E-state index in [-0.39, 0.29) is 49.3 Å². The molecule has 2 aliphatic heterocycles. The van der Waals surface area contributed by atoms with Gasteiger partial charge in [0.2, 0.25) is 11.8 Å². The fraction of sp³-hybridized carbons (Fsp3) is 0.500. The molecule has 9 nitrogen and oxygen atoms in total. The molecule has 1 aromatic carbocycles. The van der Waals surface area contributed by atoms with Gasteiger partial charge >= 0.3 is 5.97 Å². The van der Waals surface area contributed by atoms with Crippen LogP contribution >= 0.6 is 0 Å². The molecule has 0 radical (unpaired) electrons. The van der Waals surface area contributed by atoms with E-state index in [1.807, 2.05) is 4.90 Å². The van der Waals surface area contributed by atoms with Crippen LogP contribution in [-0.4, -0.2) is 78.8 Å². The summed E-state index contributed by atoms with van der Waals surface area (Å²) in [6.07, 6.45) is 1.31. The van der Waals surface area contributed by atoms with E-state index in [9.17, 15) is 14.4 Å². The number of hydrogen-bond acceptors (Lipinski definition) is 7. The molecule has 9 heteroatoms. The summed E-state index contributed by atoms with van der Waals surface area (Å²) in [5.74, 6) is -0.688. The van der Waals surface area contributed by atoms with Crippen molar-refractivity contribution in [1.82, 2.24) is 9.80 Å². The summed E-state index contributed by atoms with van der Waals surface area (Å²) < 4.78 is 4.97. The first kappa shape index (κ1) is 20.8. The Bertz CT molecular complexity index is 769. The molecular formula is C20H27N5O4. The average Bonchev–Trinajstić information content (AvgIpc) is 2.69. The molecule has 3 N–H and O–H groups in total. The predicted molar refractivity (Wildman–Crippen MR) is 108 cm³/mol. The molecule has 0 saturated carbocycles. The van der Waals surface area contributed by atoms with Crippen LogP contribution in [0.1, 0.15) is 25.3 Å². The van der Waals surface area contributed by atoms with Crippen molar-refractivity contribution in [1.29, 1.82) is 5.41 Å². The molecule has 2 saturated heterocycles. The number of amidine groups is 1. The van der Waals surface area contributed by atoms with Crippen molar-refractivity contribution >= 4 is 29.3 Å². The monoisotopic (exact) mass is 401 g/mol. The number of nitrogen functional groups attached to an aromatic ring is 1. The SMILES string of the molecule is CCOC(=O)CN1CCC(N2C(=O)CN(c3ccc(C(=N)N)cc3)CC2=O)CC1. The Morgan fingerprint density at radius 3 is 2.24 bits per heavy atom. The van der Waals surface area contributed by atoms with Crippen molar-refractivity contribution in [3.63, 3.8) is 0 Å². The van der Waals surface area contributed by atoms with E-state index in [1.54, 1.807) is 36.1 Å². The number of anilines is 1. The van der Waals surface area contributed by atoms with Gasteiger partial charge in [0.05, 0.1) is 26.2 Å². The summed E-state index contributed by atoms with van der Waals surface area (Å²) >= 11 is 0. The van der Waals surface area contributed by atoms with Crippen molar-refractivity contribution in [3.8, 4) is 0 Å². The Kier molecular flexibility index (Phi) is 6.48. The number of imide groups is 1. The van der Waals surface area contributed by atoms with Crippen LogP contribution in [0.3, 0.4) is 0 Å². The Hall–Kier alpha value is -2.94. The Morgan fingerprint density at radius 2 is 1.72 bits per heavy atom. The van der Waals surface area contributed by atoms with Crippen LogP contribution in [0.2, 0.25) is 0 Å². The van der Waals surface area contributed by atoms with Gasteiger partial charge in [-0.15, -0.1) is 0 Å². The molecule has 0 unspecified atom stereocenters. The van der Waals surface area contributed by atoms with Crippen LogP contribution in [0, 0.1) is 5.41 Å². The van der Waals surface area contributed by atoms with E-state index in [4.69, 9.17) is 15.9 Å². The minimum Gasteiger partial charge on any atom is -0.465 e. The fourth-order valence-corrected chi connectivity index (χ4v) is 3.84. The van der Waals surface area contributed by atoms with E-state index in [2.05, 4.69) is 0 Å².